The van der Waals surface area contributed by atoms with Gasteiger partial charge in [-0.1, -0.05) is 55.8 Å². The summed E-state index contributed by atoms with van der Waals surface area (Å²) < 4.78 is 4.27. The number of benzene rings is 1. The molecule has 138 valence electrons. The Labute approximate surface area is 159 Å². The highest BCUT2D eigenvalue weighted by molar-refractivity contribution is 6.42. The first-order valence-corrected chi connectivity index (χ1v) is 9.80. The molecule has 0 radical (unpaired) electrons. The quantitative estimate of drug-likeness (QED) is 0.440. The van der Waals surface area contributed by atoms with Crippen molar-refractivity contribution in [2.75, 3.05) is 0 Å². The first-order valence-electron chi connectivity index (χ1n) is 9.05. The van der Waals surface area contributed by atoms with Crippen molar-refractivity contribution >= 4 is 40.2 Å². The summed E-state index contributed by atoms with van der Waals surface area (Å²) in [4.78, 5) is 11.0. The van der Waals surface area contributed by atoms with Gasteiger partial charge in [-0.2, -0.15) is 0 Å². The minimum absolute atomic E-state index is 0.0852. The summed E-state index contributed by atoms with van der Waals surface area (Å²) in [5.41, 5.74) is 1.96. The van der Waals surface area contributed by atoms with Crippen LogP contribution in [0.1, 0.15) is 57.7 Å². The third kappa shape index (κ3) is 5.11. The Balaban J connectivity index is 2.23. The molecule has 1 aromatic carbocycles. The van der Waals surface area contributed by atoms with E-state index in [0.717, 1.165) is 29.8 Å². The third-order valence-electron chi connectivity index (χ3n) is 4.66. The van der Waals surface area contributed by atoms with Crippen LogP contribution < -0.4 is 4.57 Å². The number of unbranched alkanes of at least 4 members (excludes halogenated alkanes) is 5. The normalized spacial score (nSPS) is 11.4. The van der Waals surface area contributed by atoms with E-state index in [0.29, 0.717) is 16.6 Å². The Hall–Kier alpha value is -1.26. The predicted molar refractivity (Wildman–Crippen MR) is 103 cm³/mol. The zero-order chi connectivity index (χ0) is 18.4. The van der Waals surface area contributed by atoms with Gasteiger partial charge >= 0.3 is 5.97 Å². The molecule has 0 amide bonds. The molecule has 0 saturated heterocycles. The Morgan fingerprint density at radius 1 is 1.12 bits per heavy atom. The maximum Gasteiger partial charge on any atom is 0.307 e. The second-order valence-electron chi connectivity index (χ2n) is 6.52. The van der Waals surface area contributed by atoms with Gasteiger partial charge in [-0.25, -0.2) is 9.13 Å². The summed E-state index contributed by atoms with van der Waals surface area (Å²) in [6.07, 6.45) is 7.50. The van der Waals surface area contributed by atoms with E-state index in [1.807, 2.05) is 23.6 Å². The van der Waals surface area contributed by atoms with Crippen LogP contribution in [0.25, 0.3) is 11.0 Å². The molecule has 0 atom stereocenters. The number of aromatic nitrogens is 2. The number of hydrogen-bond donors (Lipinski definition) is 1. The number of hydrogen-bond acceptors (Lipinski definition) is 1. The predicted octanol–water partition coefficient (Wildman–Crippen LogP) is 5.38. The van der Waals surface area contributed by atoms with Crippen LogP contribution in [0.2, 0.25) is 10.0 Å². The van der Waals surface area contributed by atoms with Gasteiger partial charge in [0.05, 0.1) is 23.0 Å². The van der Waals surface area contributed by atoms with Gasteiger partial charge in [0.1, 0.15) is 6.54 Å². The summed E-state index contributed by atoms with van der Waals surface area (Å²) in [6, 6.07) is 3.73. The second-order valence-corrected chi connectivity index (χ2v) is 7.33. The molecule has 0 unspecified atom stereocenters. The van der Waals surface area contributed by atoms with Crippen molar-refractivity contribution in [1.82, 2.24) is 4.57 Å². The lowest BCUT2D eigenvalue weighted by atomic mass is 10.1. The largest absolute Gasteiger partial charge is 0.481 e. The number of nitrogens with zero attached hydrogens (tertiary/aromatic N) is 2. The highest BCUT2D eigenvalue weighted by Gasteiger charge is 2.23. The monoisotopic (exact) mass is 385 g/mol. The molecular weight excluding hydrogens is 359 g/mol. The number of imidazole rings is 1. The molecule has 0 fully saturated rings. The van der Waals surface area contributed by atoms with Gasteiger partial charge in [0, 0.05) is 19.1 Å². The van der Waals surface area contributed by atoms with Crippen LogP contribution in [0.15, 0.2) is 12.1 Å². The molecule has 1 N–H and O–H groups in total. The number of aliphatic carboxylic acids is 1. The molecule has 1 aromatic heterocycles. The Kier molecular flexibility index (Phi) is 7.57. The van der Waals surface area contributed by atoms with Gasteiger partial charge in [-0.05, 0) is 12.8 Å². The number of carboxylic acid groups (broad SMARTS) is 1. The lowest BCUT2D eigenvalue weighted by molar-refractivity contribution is -0.678. The lowest BCUT2D eigenvalue weighted by Crippen LogP contribution is -2.36. The van der Waals surface area contributed by atoms with Crippen molar-refractivity contribution in [3.05, 3.63) is 28.0 Å². The smallest absolute Gasteiger partial charge is 0.307 e. The van der Waals surface area contributed by atoms with E-state index in [2.05, 4.69) is 11.5 Å². The molecule has 0 aliphatic rings. The Bertz CT molecular complexity index is 741. The van der Waals surface area contributed by atoms with Gasteiger partial charge in [0.15, 0.2) is 11.0 Å². The van der Waals surface area contributed by atoms with Gasteiger partial charge in [-0.15, -0.1) is 0 Å². The van der Waals surface area contributed by atoms with Crippen molar-refractivity contribution in [3.8, 4) is 0 Å². The number of rotatable bonds is 10. The van der Waals surface area contributed by atoms with Crippen molar-refractivity contribution < 1.29 is 14.5 Å². The molecule has 2 rings (SSSR count). The van der Waals surface area contributed by atoms with Crippen LogP contribution in [0.5, 0.6) is 0 Å². The highest BCUT2D eigenvalue weighted by Crippen LogP contribution is 2.28. The van der Waals surface area contributed by atoms with Gasteiger partial charge in [-0.3, -0.25) is 4.79 Å². The van der Waals surface area contributed by atoms with Crippen molar-refractivity contribution in [3.63, 3.8) is 0 Å². The van der Waals surface area contributed by atoms with Crippen molar-refractivity contribution in [2.45, 2.75) is 71.9 Å². The van der Waals surface area contributed by atoms with E-state index >= 15 is 0 Å². The van der Waals surface area contributed by atoms with E-state index in [9.17, 15) is 4.79 Å². The van der Waals surface area contributed by atoms with Crippen LogP contribution in [-0.2, 0) is 17.9 Å². The van der Waals surface area contributed by atoms with Crippen LogP contribution in [0.3, 0.4) is 0 Å². The summed E-state index contributed by atoms with van der Waals surface area (Å²) in [6.45, 7) is 5.59. The van der Waals surface area contributed by atoms with Gasteiger partial charge in [0.25, 0.3) is 5.82 Å². The SMILES string of the molecule is CCCCCCCC[n+]1c(C)n(CCC(=O)O)c2cc(Cl)c(Cl)cc21. The molecule has 0 spiro atoms. The maximum absolute atomic E-state index is 11.0. The number of carboxylic acids is 1. The zero-order valence-electron chi connectivity index (χ0n) is 15.0. The topological polar surface area (TPSA) is 46.1 Å². The van der Waals surface area contributed by atoms with Gasteiger partial charge < -0.3 is 5.11 Å². The van der Waals surface area contributed by atoms with E-state index in [-0.39, 0.29) is 6.42 Å². The van der Waals surface area contributed by atoms with E-state index in [1.165, 1.54) is 32.1 Å². The molecule has 0 aliphatic carbocycles. The van der Waals surface area contributed by atoms with Crippen LogP contribution in [0.4, 0.5) is 0 Å². The van der Waals surface area contributed by atoms with Crippen LogP contribution >= 0.6 is 23.2 Å². The molecule has 4 nitrogen and oxygen atoms in total. The first-order chi connectivity index (χ1) is 12.0. The highest BCUT2D eigenvalue weighted by atomic mass is 35.5. The average Bonchev–Trinajstić information content (AvgIpc) is 2.80. The summed E-state index contributed by atoms with van der Waals surface area (Å²) in [5, 5.41) is 10.0. The van der Waals surface area contributed by atoms with Crippen LogP contribution in [-0.4, -0.2) is 15.6 Å². The fourth-order valence-corrected chi connectivity index (χ4v) is 3.59. The molecule has 2 aromatic rings. The number of halogens is 2. The third-order valence-corrected chi connectivity index (χ3v) is 5.39. The lowest BCUT2D eigenvalue weighted by Gasteiger charge is -2.02. The summed E-state index contributed by atoms with van der Waals surface area (Å²) in [5.74, 6) is 0.243. The fraction of sp³-hybridized carbons (Fsp3) is 0.579. The van der Waals surface area contributed by atoms with E-state index in [1.54, 1.807) is 0 Å². The van der Waals surface area contributed by atoms with E-state index in [4.69, 9.17) is 28.3 Å². The molecule has 1 heterocycles. The molecule has 0 bridgehead atoms. The minimum atomic E-state index is -0.802. The summed E-state index contributed by atoms with van der Waals surface area (Å²) >= 11 is 12.4. The molecule has 0 saturated carbocycles. The molecule has 6 heteroatoms. The number of carbonyl (C=O) groups is 1. The Morgan fingerprint density at radius 3 is 2.44 bits per heavy atom. The maximum atomic E-state index is 11.0. The van der Waals surface area contributed by atoms with Crippen molar-refractivity contribution in [2.24, 2.45) is 0 Å². The zero-order valence-corrected chi connectivity index (χ0v) is 16.5. The van der Waals surface area contributed by atoms with Gasteiger partial charge in [0.2, 0.25) is 0 Å². The number of fused-ring (bicyclic) bond motifs is 1. The second kappa shape index (κ2) is 9.44. The minimum Gasteiger partial charge on any atom is -0.481 e. The molecular formula is C19H27Cl2N2O2+. The average molecular weight is 386 g/mol. The Morgan fingerprint density at radius 2 is 1.76 bits per heavy atom. The van der Waals surface area contributed by atoms with Crippen molar-refractivity contribution in [1.29, 1.82) is 0 Å². The van der Waals surface area contributed by atoms with E-state index < -0.39 is 5.97 Å². The van der Waals surface area contributed by atoms with Crippen LogP contribution in [0, 0.1) is 6.92 Å². The molecule has 25 heavy (non-hydrogen) atoms. The number of aryl methyl sites for hydroxylation is 2. The standard InChI is InChI=1S/C19H26Cl2N2O2/c1-3-4-5-6-7-8-10-22-14(2)23(11-9-19(24)25)18-13-16(21)15(20)12-17(18)22/h12-13H,3-11H2,1-2H3/p+1. The molecule has 0 aliphatic heterocycles. The fourth-order valence-electron chi connectivity index (χ4n) is 3.27. The summed E-state index contributed by atoms with van der Waals surface area (Å²) in [7, 11) is 0. The first kappa shape index (κ1) is 20.1.